The maximum atomic E-state index is 11.6. The molecule has 0 bridgehead atoms. The first-order valence-corrected chi connectivity index (χ1v) is 6.21. The molecule has 0 spiro atoms. The van der Waals surface area contributed by atoms with E-state index in [1.807, 2.05) is 0 Å². The Bertz CT molecular complexity index is 321. The van der Waals surface area contributed by atoms with E-state index in [9.17, 15) is 8.42 Å². The van der Waals surface area contributed by atoms with Crippen molar-refractivity contribution in [2.24, 2.45) is 10.9 Å². The van der Waals surface area contributed by atoms with Gasteiger partial charge < -0.3 is 10.9 Å². The molecule has 0 aromatic heterocycles. The smallest absolute Gasteiger partial charge is 0.279 e. The Hall–Kier alpha value is -0.860. The van der Waals surface area contributed by atoms with Crippen molar-refractivity contribution in [2.45, 2.75) is 19.3 Å². The maximum Gasteiger partial charge on any atom is 0.279 e. The molecular formula is C7H16N4O3S. The van der Waals surface area contributed by atoms with Crippen molar-refractivity contribution >= 4 is 16.0 Å². The van der Waals surface area contributed by atoms with Crippen LogP contribution in [0.25, 0.3) is 0 Å². The van der Waals surface area contributed by atoms with Gasteiger partial charge in [0.2, 0.25) is 0 Å². The Balaban J connectivity index is 2.36. The fraction of sp³-hybridized carbons (Fsp3) is 0.857. The third kappa shape index (κ3) is 3.65. The average molecular weight is 236 g/mol. The fourth-order valence-corrected chi connectivity index (χ4v) is 2.66. The highest BCUT2D eigenvalue weighted by Crippen LogP contribution is 2.10. The molecule has 1 aliphatic rings. The van der Waals surface area contributed by atoms with Crippen LogP contribution in [0, 0.1) is 0 Å². The van der Waals surface area contributed by atoms with E-state index in [2.05, 4.69) is 9.88 Å². The number of amidine groups is 1. The summed E-state index contributed by atoms with van der Waals surface area (Å²) >= 11 is 0. The van der Waals surface area contributed by atoms with Crippen LogP contribution in [0.3, 0.4) is 0 Å². The predicted molar refractivity (Wildman–Crippen MR) is 55.8 cm³/mol. The summed E-state index contributed by atoms with van der Waals surface area (Å²) in [5, 5.41) is 11.0. The lowest BCUT2D eigenvalue weighted by Gasteiger charge is -2.15. The summed E-state index contributed by atoms with van der Waals surface area (Å²) in [6, 6.07) is 0. The second kappa shape index (κ2) is 5.29. The first kappa shape index (κ1) is 12.2. The largest absolute Gasteiger partial charge is 0.409 e. The maximum absolute atomic E-state index is 11.6. The molecule has 0 radical (unpaired) electrons. The van der Waals surface area contributed by atoms with Crippen molar-refractivity contribution in [3.63, 3.8) is 0 Å². The van der Waals surface area contributed by atoms with Gasteiger partial charge in [-0.05, 0) is 12.8 Å². The summed E-state index contributed by atoms with van der Waals surface area (Å²) in [5.74, 6) is 0.0131. The van der Waals surface area contributed by atoms with E-state index in [1.165, 1.54) is 4.31 Å². The molecule has 15 heavy (non-hydrogen) atoms. The Morgan fingerprint density at radius 3 is 2.60 bits per heavy atom. The van der Waals surface area contributed by atoms with E-state index in [1.54, 1.807) is 0 Å². The number of nitrogens with one attached hydrogen (secondary N) is 1. The van der Waals surface area contributed by atoms with Crippen molar-refractivity contribution in [1.82, 2.24) is 9.03 Å². The predicted octanol–water partition coefficient (Wildman–Crippen LogP) is -0.947. The summed E-state index contributed by atoms with van der Waals surface area (Å²) in [6.45, 7) is 1.28. The molecule has 88 valence electrons. The summed E-state index contributed by atoms with van der Waals surface area (Å²) < 4.78 is 26.9. The Morgan fingerprint density at radius 2 is 2.07 bits per heavy atom. The average Bonchev–Trinajstić information content (AvgIpc) is 2.70. The highest BCUT2D eigenvalue weighted by atomic mass is 32.2. The summed E-state index contributed by atoms with van der Waals surface area (Å²) in [6.07, 6.45) is 2.01. The number of nitrogens with zero attached hydrogens (tertiary/aromatic N) is 2. The number of hydrogen-bond donors (Lipinski definition) is 3. The zero-order valence-corrected chi connectivity index (χ0v) is 9.20. The molecule has 1 saturated heterocycles. The monoisotopic (exact) mass is 236 g/mol. The lowest BCUT2D eigenvalue weighted by atomic mass is 10.4. The van der Waals surface area contributed by atoms with Gasteiger partial charge in [-0.1, -0.05) is 5.16 Å². The normalized spacial score (nSPS) is 19.6. The second-order valence-corrected chi connectivity index (χ2v) is 5.10. The van der Waals surface area contributed by atoms with Crippen LogP contribution in [0.2, 0.25) is 0 Å². The van der Waals surface area contributed by atoms with E-state index in [-0.39, 0.29) is 18.8 Å². The van der Waals surface area contributed by atoms with E-state index >= 15 is 0 Å². The van der Waals surface area contributed by atoms with Crippen molar-refractivity contribution in [3.05, 3.63) is 0 Å². The molecule has 0 aliphatic carbocycles. The molecule has 0 atom stereocenters. The fourth-order valence-electron chi connectivity index (χ4n) is 1.38. The molecule has 7 nitrogen and oxygen atoms in total. The van der Waals surface area contributed by atoms with Gasteiger partial charge in [-0.25, -0.2) is 4.72 Å². The van der Waals surface area contributed by atoms with Crippen LogP contribution < -0.4 is 10.5 Å². The molecular weight excluding hydrogens is 220 g/mol. The van der Waals surface area contributed by atoms with Gasteiger partial charge in [0.15, 0.2) is 0 Å². The topological polar surface area (TPSA) is 108 Å². The number of rotatable bonds is 5. The molecule has 0 saturated carbocycles. The van der Waals surface area contributed by atoms with Gasteiger partial charge in [-0.2, -0.15) is 12.7 Å². The van der Waals surface area contributed by atoms with Gasteiger partial charge in [0.1, 0.15) is 5.84 Å². The van der Waals surface area contributed by atoms with Crippen molar-refractivity contribution in [3.8, 4) is 0 Å². The summed E-state index contributed by atoms with van der Waals surface area (Å²) in [5.41, 5.74) is 5.21. The Labute approximate surface area is 89.1 Å². The first-order chi connectivity index (χ1) is 7.06. The summed E-state index contributed by atoms with van der Waals surface area (Å²) in [7, 11) is -3.37. The molecule has 1 aliphatic heterocycles. The molecule has 0 aromatic carbocycles. The van der Waals surface area contributed by atoms with Gasteiger partial charge in [0, 0.05) is 26.1 Å². The van der Waals surface area contributed by atoms with Crippen molar-refractivity contribution < 1.29 is 13.6 Å². The standard InChI is InChI=1S/C7H16N4O3S/c8-7(10-12)3-4-9-15(13,14)11-5-1-2-6-11/h9,12H,1-6H2,(H2,8,10). The van der Waals surface area contributed by atoms with E-state index in [0.717, 1.165) is 12.8 Å². The highest BCUT2D eigenvalue weighted by Gasteiger charge is 2.24. The van der Waals surface area contributed by atoms with E-state index in [4.69, 9.17) is 10.9 Å². The zero-order chi connectivity index (χ0) is 11.3. The first-order valence-electron chi connectivity index (χ1n) is 4.77. The molecule has 0 aromatic rings. The lowest BCUT2D eigenvalue weighted by Crippen LogP contribution is -2.40. The molecule has 8 heteroatoms. The van der Waals surface area contributed by atoms with Crippen molar-refractivity contribution in [1.29, 1.82) is 0 Å². The minimum absolute atomic E-state index is 0.0131. The Morgan fingerprint density at radius 1 is 1.47 bits per heavy atom. The van der Waals surface area contributed by atoms with Gasteiger partial charge >= 0.3 is 0 Å². The van der Waals surface area contributed by atoms with Crippen LogP contribution in [-0.2, 0) is 10.2 Å². The van der Waals surface area contributed by atoms with Crippen molar-refractivity contribution in [2.75, 3.05) is 19.6 Å². The van der Waals surface area contributed by atoms with Crippen LogP contribution in [0.1, 0.15) is 19.3 Å². The summed E-state index contributed by atoms with van der Waals surface area (Å²) in [4.78, 5) is 0. The number of oxime groups is 1. The molecule has 1 rings (SSSR count). The molecule has 1 fully saturated rings. The Kier molecular flexibility index (Phi) is 4.30. The van der Waals surface area contributed by atoms with Gasteiger partial charge in [-0.15, -0.1) is 0 Å². The quantitative estimate of drug-likeness (QED) is 0.247. The van der Waals surface area contributed by atoms with E-state index in [0.29, 0.717) is 13.1 Å². The minimum Gasteiger partial charge on any atom is -0.409 e. The second-order valence-electron chi connectivity index (χ2n) is 3.35. The lowest BCUT2D eigenvalue weighted by molar-refractivity contribution is 0.317. The van der Waals surface area contributed by atoms with Gasteiger partial charge in [0.25, 0.3) is 10.2 Å². The van der Waals surface area contributed by atoms with Crippen LogP contribution in [0.15, 0.2) is 5.16 Å². The van der Waals surface area contributed by atoms with Crippen LogP contribution >= 0.6 is 0 Å². The SMILES string of the molecule is NC(CCNS(=O)(=O)N1CCCC1)=NO. The van der Waals surface area contributed by atoms with Crippen LogP contribution in [-0.4, -0.2) is 43.4 Å². The number of nitrogens with two attached hydrogens (primary N) is 1. The van der Waals surface area contributed by atoms with E-state index < -0.39 is 10.2 Å². The highest BCUT2D eigenvalue weighted by molar-refractivity contribution is 7.87. The molecule has 0 amide bonds. The minimum atomic E-state index is -3.37. The molecule has 4 N–H and O–H groups in total. The number of hydrogen-bond acceptors (Lipinski definition) is 4. The van der Waals surface area contributed by atoms with Crippen LogP contribution in [0.5, 0.6) is 0 Å². The molecule has 1 heterocycles. The van der Waals surface area contributed by atoms with Gasteiger partial charge in [0.05, 0.1) is 0 Å². The zero-order valence-electron chi connectivity index (χ0n) is 8.39. The third-order valence-electron chi connectivity index (χ3n) is 2.20. The van der Waals surface area contributed by atoms with Gasteiger partial charge in [-0.3, -0.25) is 0 Å². The molecule has 0 unspecified atom stereocenters. The van der Waals surface area contributed by atoms with Crippen LogP contribution in [0.4, 0.5) is 0 Å². The third-order valence-corrected chi connectivity index (χ3v) is 3.81.